The molecular formula is C19H19ClO3. The maximum Gasteiger partial charge on any atom is 0.130 e. The van der Waals surface area contributed by atoms with Crippen molar-refractivity contribution in [3.63, 3.8) is 0 Å². The minimum absolute atomic E-state index is 0.344. The van der Waals surface area contributed by atoms with Gasteiger partial charge in [-0.1, -0.05) is 35.9 Å². The Balaban J connectivity index is 1.69. The summed E-state index contributed by atoms with van der Waals surface area (Å²) in [6.45, 7) is 0.888. The topological polar surface area (TPSA) is 35.5 Å². The number of hydrogen-bond acceptors (Lipinski definition) is 3. The zero-order chi connectivity index (χ0) is 16.3. The molecular weight excluding hydrogens is 312 g/mol. The van der Waals surface area contributed by atoms with Crippen LogP contribution >= 0.6 is 11.6 Å². The van der Waals surface area contributed by atoms with Crippen LogP contribution in [0.1, 0.15) is 29.5 Å². The number of rotatable bonds is 7. The van der Waals surface area contributed by atoms with Gasteiger partial charge in [0.2, 0.25) is 0 Å². The molecule has 3 rings (SSSR count). The molecule has 0 saturated heterocycles. The Morgan fingerprint density at radius 1 is 1.13 bits per heavy atom. The van der Waals surface area contributed by atoms with Gasteiger partial charge in [-0.15, -0.1) is 0 Å². The molecule has 1 aliphatic carbocycles. The first-order chi connectivity index (χ1) is 11.2. The van der Waals surface area contributed by atoms with Crippen molar-refractivity contribution in [1.82, 2.24) is 0 Å². The van der Waals surface area contributed by atoms with E-state index in [2.05, 4.69) is 0 Å². The molecule has 0 radical (unpaired) electrons. The van der Waals surface area contributed by atoms with E-state index >= 15 is 0 Å². The summed E-state index contributed by atoms with van der Waals surface area (Å²) in [5.41, 5.74) is 2.65. The molecule has 120 valence electrons. The number of ether oxygens (including phenoxy) is 2. The number of methoxy groups -OCH3 is 1. The van der Waals surface area contributed by atoms with E-state index in [-0.39, 0.29) is 5.41 Å². The lowest BCUT2D eigenvalue weighted by Gasteiger charge is -2.16. The van der Waals surface area contributed by atoms with Crippen LogP contribution in [0.4, 0.5) is 0 Å². The molecule has 0 aromatic heterocycles. The number of benzene rings is 2. The fourth-order valence-corrected chi connectivity index (χ4v) is 2.98. The van der Waals surface area contributed by atoms with Crippen LogP contribution in [0, 0.1) is 0 Å². The van der Waals surface area contributed by atoms with E-state index in [1.807, 2.05) is 42.5 Å². The Hall–Kier alpha value is -1.84. The van der Waals surface area contributed by atoms with Gasteiger partial charge in [0.25, 0.3) is 0 Å². The standard InChI is InChI=1S/C19H19ClO3/c1-22-15-7-5-14(6-8-15)11-23-12-16-17(3-2-4-18(16)20)19(13-21)9-10-19/h2-8,13H,9-12H2,1H3. The largest absolute Gasteiger partial charge is 0.497 e. The van der Waals surface area contributed by atoms with Gasteiger partial charge in [-0.2, -0.15) is 0 Å². The van der Waals surface area contributed by atoms with Gasteiger partial charge in [-0.3, -0.25) is 0 Å². The van der Waals surface area contributed by atoms with Crippen molar-refractivity contribution in [2.45, 2.75) is 31.5 Å². The minimum Gasteiger partial charge on any atom is -0.497 e. The van der Waals surface area contributed by atoms with Crippen molar-refractivity contribution < 1.29 is 14.3 Å². The zero-order valence-corrected chi connectivity index (χ0v) is 13.8. The quantitative estimate of drug-likeness (QED) is 0.710. The number of hydrogen-bond donors (Lipinski definition) is 0. The summed E-state index contributed by atoms with van der Waals surface area (Å²) in [5, 5.41) is 0.658. The third-order valence-corrected chi connectivity index (χ3v) is 4.70. The second-order valence-corrected chi connectivity index (χ2v) is 6.29. The van der Waals surface area contributed by atoms with Gasteiger partial charge < -0.3 is 14.3 Å². The Morgan fingerprint density at radius 2 is 1.87 bits per heavy atom. The van der Waals surface area contributed by atoms with Gasteiger partial charge in [-0.25, -0.2) is 0 Å². The van der Waals surface area contributed by atoms with Crippen LogP contribution in [-0.2, 0) is 28.2 Å². The minimum atomic E-state index is -0.344. The van der Waals surface area contributed by atoms with Crippen molar-refractivity contribution >= 4 is 17.9 Å². The molecule has 2 aromatic rings. The lowest BCUT2D eigenvalue weighted by molar-refractivity contribution is -0.109. The van der Waals surface area contributed by atoms with Crippen LogP contribution in [-0.4, -0.2) is 13.4 Å². The predicted molar refractivity (Wildman–Crippen MR) is 89.9 cm³/mol. The fourth-order valence-electron chi connectivity index (χ4n) is 2.75. The van der Waals surface area contributed by atoms with Crippen LogP contribution in [0.3, 0.4) is 0 Å². The molecule has 23 heavy (non-hydrogen) atoms. The summed E-state index contributed by atoms with van der Waals surface area (Å²) in [4.78, 5) is 11.4. The summed E-state index contributed by atoms with van der Waals surface area (Å²) >= 11 is 6.33. The Morgan fingerprint density at radius 3 is 2.48 bits per heavy atom. The summed E-state index contributed by atoms with van der Waals surface area (Å²) in [6, 6.07) is 13.5. The van der Waals surface area contributed by atoms with E-state index in [1.54, 1.807) is 7.11 Å². The van der Waals surface area contributed by atoms with Gasteiger partial charge in [0.1, 0.15) is 12.0 Å². The molecule has 2 aromatic carbocycles. The molecule has 0 amide bonds. The summed E-state index contributed by atoms with van der Waals surface area (Å²) in [7, 11) is 1.64. The summed E-state index contributed by atoms with van der Waals surface area (Å²) < 4.78 is 11.0. The van der Waals surface area contributed by atoms with Crippen LogP contribution in [0.25, 0.3) is 0 Å². The van der Waals surface area contributed by atoms with Crippen molar-refractivity contribution in [3.8, 4) is 5.75 Å². The number of halogens is 1. The molecule has 0 bridgehead atoms. The third kappa shape index (κ3) is 3.41. The third-order valence-electron chi connectivity index (χ3n) is 4.34. The number of carbonyl (C=O) groups excluding carboxylic acids is 1. The van der Waals surface area contributed by atoms with E-state index in [4.69, 9.17) is 21.1 Å². The second-order valence-electron chi connectivity index (χ2n) is 5.88. The van der Waals surface area contributed by atoms with Gasteiger partial charge >= 0.3 is 0 Å². The maximum atomic E-state index is 11.4. The Labute approximate surface area is 141 Å². The second kappa shape index (κ2) is 6.73. The van der Waals surface area contributed by atoms with E-state index in [9.17, 15) is 4.79 Å². The SMILES string of the molecule is COc1ccc(COCc2c(Cl)cccc2C2(C=O)CC2)cc1. The molecule has 0 spiro atoms. The van der Waals surface area contributed by atoms with Gasteiger partial charge in [0.05, 0.1) is 25.7 Å². The lowest BCUT2D eigenvalue weighted by atomic mass is 9.93. The smallest absolute Gasteiger partial charge is 0.130 e. The first kappa shape index (κ1) is 16.0. The Kier molecular flexibility index (Phi) is 4.69. The highest BCUT2D eigenvalue weighted by Gasteiger charge is 2.45. The Bertz CT molecular complexity index is 690. The molecule has 1 fully saturated rings. The van der Waals surface area contributed by atoms with E-state index < -0.39 is 0 Å². The molecule has 1 saturated carbocycles. The highest BCUT2D eigenvalue weighted by atomic mass is 35.5. The first-order valence-corrected chi connectivity index (χ1v) is 8.01. The maximum absolute atomic E-state index is 11.4. The molecule has 0 aliphatic heterocycles. The van der Waals surface area contributed by atoms with Crippen LogP contribution < -0.4 is 4.74 Å². The summed E-state index contributed by atoms with van der Waals surface area (Å²) in [6.07, 6.45) is 2.83. The van der Waals surface area contributed by atoms with Gasteiger partial charge in [-0.05, 0) is 42.2 Å². The van der Waals surface area contributed by atoms with Crippen molar-refractivity contribution in [2.24, 2.45) is 0 Å². The van der Waals surface area contributed by atoms with E-state index in [1.165, 1.54) is 0 Å². The fraction of sp³-hybridized carbons (Fsp3) is 0.316. The molecule has 4 heteroatoms. The van der Waals surface area contributed by atoms with Crippen LogP contribution in [0.2, 0.25) is 5.02 Å². The first-order valence-electron chi connectivity index (χ1n) is 7.63. The van der Waals surface area contributed by atoms with Crippen LogP contribution in [0.5, 0.6) is 5.75 Å². The molecule has 0 heterocycles. The number of carbonyl (C=O) groups is 1. The molecule has 3 nitrogen and oxygen atoms in total. The highest BCUT2D eigenvalue weighted by Crippen LogP contribution is 2.48. The molecule has 1 aliphatic rings. The average molecular weight is 331 g/mol. The normalized spacial score (nSPS) is 15.2. The monoisotopic (exact) mass is 330 g/mol. The zero-order valence-electron chi connectivity index (χ0n) is 13.0. The van der Waals surface area contributed by atoms with Crippen LogP contribution in [0.15, 0.2) is 42.5 Å². The van der Waals surface area contributed by atoms with Gasteiger partial charge in [0.15, 0.2) is 0 Å². The molecule has 0 N–H and O–H groups in total. The van der Waals surface area contributed by atoms with Crippen molar-refractivity contribution in [1.29, 1.82) is 0 Å². The van der Waals surface area contributed by atoms with E-state index in [0.717, 1.165) is 41.6 Å². The van der Waals surface area contributed by atoms with E-state index in [0.29, 0.717) is 18.2 Å². The number of aldehydes is 1. The molecule has 0 atom stereocenters. The molecule has 0 unspecified atom stereocenters. The van der Waals surface area contributed by atoms with Gasteiger partial charge in [0, 0.05) is 10.6 Å². The summed E-state index contributed by atoms with van der Waals surface area (Å²) in [5.74, 6) is 0.823. The van der Waals surface area contributed by atoms with Crippen molar-refractivity contribution in [3.05, 3.63) is 64.2 Å². The lowest BCUT2D eigenvalue weighted by Crippen LogP contribution is -2.12. The van der Waals surface area contributed by atoms with Crippen molar-refractivity contribution in [2.75, 3.05) is 7.11 Å². The predicted octanol–water partition coefficient (Wildman–Crippen LogP) is 4.30. The average Bonchev–Trinajstić information content (AvgIpc) is 3.38. The highest BCUT2D eigenvalue weighted by molar-refractivity contribution is 6.31.